The SMILES string of the molecule is COc1cc(NC2CC3CCCC(C2)N3C)c(F)cc1N. The maximum absolute atomic E-state index is 14.1. The first-order chi connectivity index (χ1) is 10.1. The van der Waals surface area contributed by atoms with Crippen LogP contribution in [0.15, 0.2) is 12.1 Å². The normalized spacial score (nSPS) is 29.2. The van der Waals surface area contributed by atoms with Crippen LogP contribution >= 0.6 is 0 Å². The van der Waals surface area contributed by atoms with Crippen LogP contribution in [0.1, 0.15) is 32.1 Å². The van der Waals surface area contributed by atoms with Crippen LogP contribution in [0.3, 0.4) is 0 Å². The van der Waals surface area contributed by atoms with Gasteiger partial charge >= 0.3 is 0 Å². The van der Waals surface area contributed by atoms with Gasteiger partial charge in [-0.15, -0.1) is 0 Å². The van der Waals surface area contributed by atoms with Crippen molar-refractivity contribution < 1.29 is 9.13 Å². The summed E-state index contributed by atoms with van der Waals surface area (Å²) in [6.45, 7) is 0. The zero-order valence-corrected chi connectivity index (χ0v) is 12.7. The first-order valence-corrected chi connectivity index (χ1v) is 7.70. The van der Waals surface area contributed by atoms with E-state index in [4.69, 9.17) is 10.5 Å². The van der Waals surface area contributed by atoms with Gasteiger partial charge in [-0.2, -0.15) is 0 Å². The summed E-state index contributed by atoms with van der Waals surface area (Å²) in [4.78, 5) is 2.50. The second-order valence-corrected chi connectivity index (χ2v) is 6.29. The second-order valence-electron chi connectivity index (χ2n) is 6.29. The fraction of sp³-hybridized carbons (Fsp3) is 0.625. The van der Waals surface area contributed by atoms with Crippen LogP contribution in [0.5, 0.6) is 5.75 Å². The van der Waals surface area contributed by atoms with Gasteiger partial charge in [0.05, 0.1) is 18.5 Å². The Kier molecular flexibility index (Phi) is 3.93. The first kappa shape index (κ1) is 14.4. The minimum atomic E-state index is -0.308. The van der Waals surface area contributed by atoms with Crippen molar-refractivity contribution in [2.24, 2.45) is 0 Å². The van der Waals surface area contributed by atoms with Crippen LogP contribution in [0, 0.1) is 5.82 Å². The topological polar surface area (TPSA) is 50.5 Å². The summed E-state index contributed by atoms with van der Waals surface area (Å²) in [6.07, 6.45) is 5.95. The summed E-state index contributed by atoms with van der Waals surface area (Å²) in [5, 5.41) is 3.36. The largest absolute Gasteiger partial charge is 0.495 e. The van der Waals surface area contributed by atoms with Crippen LogP contribution in [0.2, 0.25) is 0 Å². The summed E-state index contributed by atoms with van der Waals surface area (Å²) >= 11 is 0. The number of fused-ring (bicyclic) bond motifs is 2. The number of methoxy groups -OCH3 is 1. The lowest BCUT2D eigenvalue weighted by Gasteiger charge is -2.47. The van der Waals surface area contributed by atoms with Gasteiger partial charge in [-0.1, -0.05) is 6.42 Å². The lowest BCUT2D eigenvalue weighted by atomic mass is 9.82. The van der Waals surface area contributed by atoms with Crippen LogP contribution in [-0.2, 0) is 0 Å². The third-order valence-electron chi connectivity index (χ3n) is 5.02. The van der Waals surface area contributed by atoms with Gasteiger partial charge in [0.25, 0.3) is 0 Å². The number of piperidine rings is 2. The molecule has 2 unspecified atom stereocenters. The van der Waals surface area contributed by atoms with Crippen molar-refractivity contribution in [2.45, 2.75) is 50.2 Å². The molecule has 5 heteroatoms. The van der Waals surface area contributed by atoms with Gasteiger partial charge in [-0.05, 0) is 32.7 Å². The van der Waals surface area contributed by atoms with Gasteiger partial charge in [0, 0.05) is 30.3 Å². The number of ether oxygens (including phenoxy) is 1. The summed E-state index contributed by atoms with van der Waals surface area (Å²) < 4.78 is 19.3. The Balaban J connectivity index is 1.75. The molecule has 0 spiro atoms. The Labute approximate surface area is 125 Å². The molecule has 0 amide bonds. The Morgan fingerprint density at radius 2 is 1.95 bits per heavy atom. The summed E-state index contributed by atoms with van der Waals surface area (Å²) in [5.74, 6) is 0.212. The molecule has 3 N–H and O–H groups in total. The molecule has 2 atom stereocenters. The molecule has 2 aliphatic heterocycles. The molecular weight excluding hydrogens is 269 g/mol. The highest BCUT2D eigenvalue weighted by Gasteiger charge is 2.36. The molecule has 0 aliphatic carbocycles. The van der Waals surface area contributed by atoms with Crippen molar-refractivity contribution in [3.05, 3.63) is 17.9 Å². The predicted octanol–water partition coefficient (Wildman–Crippen LogP) is 2.84. The Morgan fingerprint density at radius 1 is 1.29 bits per heavy atom. The highest BCUT2D eigenvalue weighted by atomic mass is 19.1. The number of benzene rings is 1. The van der Waals surface area contributed by atoms with Gasteiger partial charge in [0.1, 0.15) is 11.6 Å². The van der Waals surface area contributed by atoms with Crippen LogP contribution in [-0.4, -0.2) is 37.2 Å². The molecule has 21 heavy (non-hydrogen) atoms. The van der Waals surface area contributed by atoms with Crippen molar-refractivity contribution >= 4 is 11.4 Å². The molecule has 2 heterocycles. The van der Waals surface area contributed by atoms with Crippen molar-refractivity contribution in [3.8, 4) is 5.75 Å². The fourth-order valence-electron chi connectivity index (χ4n) is 3.81. The molecule has 2 bridgehead atoms. The van der Waals surface area contributed by atoms with E-state index in [0.29, 0.717) is 35.2 Å². The first-order valence-electron chi connectivity index (χ1n) is 7.70. The van der Waals surface area contributed by atoms with Gasteiger partial charge in [-0.25, -0.2) is 4.39 Å². The Morgan fingerprint density at radius 3 is 2.57 bits per heavy atom. The molecule has 0 saturated carbocycles. The van der Waals surface area contributed by atoms with Crippen molar-refractivity contribution in [2.75, 3.05) is 25.2 Å². The van der Waals surface area contributed by atoms with E-state index in [0.717, 1.165) is 12.8 Å². The van der Waals surface area contributed by atoms with E-state index in [1.807, 2.05) is 0 Å². The number of halogens is 1. The number of nitrogens with two attached hydrogens (primary N) is 1. The van der Waals surface area contributed by atoms with Gasteiger partial charge in [0.2, 0.25) is 0 Å². The Bertz CT molecular complexity index is 508. The van der Waals surface area contributed by atoms with E-state index in [1.54, 1.807) is 13.2 Å². The molecule has 0 aromatic heterocycles. The predicted molar refractivity (Wildman–Crippen MR) is 83.2 cm³/mol. The number of nitrogens with one attached hydrogen (secondary N) is 1. The van der Waals surface area contributed by atoms with E-state index in [1.165, 1.54) is 25.3 Å². The van der Waals surface area contributed by atoms with E-state index in [2.05, 4.69) is 17.3 Å². The molecule has 2 fully saturated rings. The summed E-state index contributed by atoms with van der Waals surface area (Å²) in [5.41, 5.74) is 6.56. The molecule has 116 valence electrons. The average Bonchev–Trinajstić information content (AvgIpc) is 2.43. The molecule has 2 saturated heterocycles. The lowest BCUT2D eigenvalue weighted by Crippen LogP contribution is -2.52. The van der Waals surface area contributed by atoms with Gasteiger partial charge < -0.3 is 20.7 Å². The number of nitrogen functional groups attached to an aromatic ring is 1. The maximum atomic E-state index is 14.1. The Hall–Kier alpha value is -1.49. The van der Waals surface area contributed by atoms with Crippen molar-refractivity contribution in [3.63, 3.8) is 0 Å². The third-order valence-corrected chi connectivity index (χ3v) is 5.02. The van der Waals surface area contributed by atoms with Gasteiger partial charge in [0.15, 0.2) is 0 Å². The van der Waals surface area contributed by atoms with Crippen LogP contribution < -0.4 is 15.8 Å². The van der Waals surface area contributed by atoms with Crippen molar-refractivity contribution in [1.82, 2.24) is 4.90 Å². The standard InChI is InChI=1S/C16H24FN3O/c1-20-11-4-3-5-12(20)7-10(6-11)19-15-9-16(21-2)14(18)8-13(15)17/h8-12,19H,3-7,18H2,1-2H3. The highest BCUT2D eigenvalue weighted by Crippen LogP contribution is 2.35. The van der Waals surface area contributed by atoms with Crippen LogP contribution in [0.25, 0.3) is 0 Å². The van der Waals surface area contributed by atoms with E-state index >= 15 is 0 Å². The minimum absolute atomic E-state index is 0.308. The number of anilines is 2. The summed E-state index contributed by atoms with van der Waals surface area (Å²) in [7, 11) is 3.77. The second kappa shape index (κ2) is 5.72. The minimum Gasteiger partial charge on any atom is -0.495 e. The molecular formula is C16H24FN3O. The maximum Gasteiger partial charge on any atom is 0.148 e. The average molecular weight is 293 g/mol. The zero-order chi connectivity index (χ0) is 15.0. The quantitative estimate of drug-likeness (QED) is 0.841. The van der Waals surface area contributed by atoms with Gasteiger partial charge in [-0.3, -0.25) is 0 Å². The molecule has 0 radical (unpaired) electrons. The summed E-state index contributed by atoms with van der Waals surface area (Å²) in [6, 6.07) is 4.55. The van der Waals surface area contributed by atoms with Crippen molar-refractivity contribution in [1.29, 1.82) is 0 Å². The number of hydrogen-bond donors (Lipinski definition) is 2. The number of hydrogen-bond acceptors (Lipinski definition) is 4. The molecule has 1 aromatic rings. The zero-order valence-electron chi connectivity index (χ0n) is 12.7. The molecule has 1 aromatic carbocycles. The molecule has 3 rings (SSSR count). The monoisotopic (exact) mass is 293 g/mol. The van der Waals surface area contributed by atoms with E-state index < -0.39 is 0 Å². The molecule has 4 nitrogen and oxygen atoms in total. The fourth-order valence-corrected chi connectivity index (χ4v) is 3.81. The van der Waals surface area contributed by atoms with E-state index in [-0.39, 0.29) is 5.82 Å². The smallest absolute Gasteiger partial charge is 0.148 e. The van der Waals surface area contributed by atoms with Crippen LogP contribution in [0.4, 0.5) is 15.8 Å². The van der Waals surface area contributed by atoms with E-state index in [9.17, 15) is 4.39 Å². The number of nitrogens with zero attached hydrogens (tertiary/aromatic N) is 1. The lowest BCUT2D eigenvalue weighted by molar-refractivity contribution is 0.0608. The highest BCUT2D eigenvalue weighted by molar-refractivity contribution is 5.62. The molecule has 2 aliphatic rings. The third kappa shape index (κ3) is 2.79. The number of rotatable bonds is 3.